The third-order valence-electron chi connectivity index (χ3n) is 4.21. The summed E-state index contributed by atoms with van der Waals surface area (Å²) in [5.74, 6) is -2.47. The molecule has 0 unspecified atom stereocenters. The molecule has 0 aromatic heterocycles. The van der Waals surface area contributed by atoms with E-state index in [2.05, 4.69) is 10.6 Å². The fourth-order valence-corrected chi connectivity index (χ4v) is 3.12. The van der Waals surface area contributed by atoms with Crippen LogP contribution in [-0.4, -0.2) is 47.0 Å². The van der Waals surface area contributed by atoms with Crippen molar-refractivity contribution in [3.8, 4) is 0 Å². The highest BCUT2D eigenvalue weighted by atomic mass is 35.5. The van der Waals surface area contributed by atoms with Crippen molar-refractivity contribution in [2.24, 2.45) is 5.92 Å². The van der Waals surface area contributed by atoms with E-state index >= 15 is 0 Å². The van der Waals surface area contributed by atoms with Crippen molar-refractivity contribution in [1.82, 2.24) is 10.2 Å². The predicted octanol–water partition coefficient (Wildman–Crippen LogP) is 3.22. The van der Waals surface area contributed by atoms with E-state index in [1.54, 1.807) is 6.07 Å². The molecule has 1 saturated heterocycles. The molecule has 1 heterocycles. The third kappa shape index (κ3) is 5.02. The average molecular weight is 402 g/mol. The maximum Gasteiger partial charge on any atom is 0.319 e. The molecule has 1 aliphatic rings. The number of carboxylic acid groups (broad SMARTS) is 1. The Bertz CT molecular complexity index is 699. The van der Waals surface area contributed by atoms with Gasteiger partial charge in [0.15, 0.2) is 0 Å². The second kappa shape index (κ2) is 9.09. The lowest BCUT2D eigenvalue weighted by Gasteiger charge is -2.17. The molecule has 0 radical (unpaired) electrons. The van der Waals surface area contributed by atoms with Crippen molar-refractivity contribution in [2.45, 2.75) is 32.2 Å². The zero-order valence-electron chi connectivity index (χ0n) is 14.3. The first-order valence-corrected chi connectivity index (χ1v) is 9.13. The zero-order valence-corrected chi connectivity index (χ0v) is 15.8. The first-order chi connectivity index (χ1) is 12.3. The van der Waals surface area contributed by atoms with Crippen molar-refractivity contribution in [3.05, 3.63) is 28.2 Å². The van der Waals surface area contributed by atoms with Crippen LogP contribution in [0, 0.1) is 5.92 Å². The van der Waals surface area contributed by atoms with Gasteiger partial charge < -0.3 is 20.6 Å². The molecule has 1 aromatic carbocycles. The normalized spacial score (nSPS) is 19.5. The minimum Gasteiger partial charge on any atom is -0.481 e. The molecule has 3 amide bonds. The Balaban J connectivity index is 2.02. The van der Waals surface area contributed by atoms with Gasteiger partial charge in [0, 0.05) is 18.8 Å². The lowest BCUT2D eigenvalue weighted by Crippen LogP contribution is -2.47. The molecule has 7 nitrogen and oxygen atoms in total. The monoisotopic (exact) mass is 401 g/mol. The standard InChI is InChI=1S/C17H21Cl2N3O4/c1-2-3-4-7-22-9-11(16(24)25)14(15(22)23)21-17(26)20-10-5-6-12(18)13(19)8-10/h5-6,8,11,14H,2-4,7,9H2,1H3,(H,24,25)(H2,20,21,26)/t11-,14-/m1/s1. The van der Waals surface area contributed by atoms with E-state index in [1.165, 1.54) is 17.0 Å². The van der Waals surface area contributed by atoms with Crippen molar-refractivity contribution >= 4 is 46.8 Å². The summed E-state index contributed by atoms with van der Waals surface area (Å²) in [7, 11) is 0. The number of carboxylic acids is 1. The zero-order chi connectivity index (χ0) is 19.3. The largest absolute Gasteiger partial charge is 0.481 e. The number of nitrogens with one attached hydrogen (secondary N) is 2. The van der Waals surface area contributed by atoms with Crippen LogP contribution in [0.3, 0.4) is 0 Å². The van der Waals surface area contributed by atoms with Crippen LogP contribution in [0.4, 0.5) is 10.5 Å². The van der Waals surface area contributed by atoms with E-state index < -0.39 is 24.0 Å². The second-order valence-corrected chi connectivity index (χ2v) is 6.96. The van der Waals surface area contributed by atoms with Gasteiger partial charge in [0.2, 0.25) is 5.91 Å². The molecule has 0 aliphatic carbocycles. The van der Waals surface area contributed by atoms with E-state index in [9.17, 15) is 19.5 Å². The van der Waals surface area contributed by atoms with Crippen LogP contribution in [0.1, 0.15) is 26.2 Å². The Kier molecular flexibility index (Phi) is 7.11. The molecule has 0 spiro atoms. The van der Waals surface area contributed by atoms with Gasteiger partial charge >= 0.3 is 12.0 Å². The van der Waals surface area contributed by atoms with Gasteiger partial charge in [-0.3, -0.25) is 9.59 Å². The number of halogens is 2. The first-order valence-electron chi connectivity index (χ1n) is 8.37. The highest BCUT2D eigenvalue weighted by molar-refractivity contribution is 6.42. The topological polar surface area (TPSA) is 98.7 Å². The van der Waals surface area contributed by atoms with Crippen molar-refractivity contribution in [2.75, 3.05) is 18.4 Å². The number of nitrogens with zero attached hydrogens (tertiary/aromatic N) is 1. The van der Waals surface area contributed by atoms with Crippen molar-refractivity contribution in [3.63, 3.8) is 0 Å². The van der Waals surface area contributed by atoms with Crippen LogP contribution in [0.2, 0.25) is 10.0 Å². The van der Waals surface area contributed by atoms with Gasteiger partial charge in [-0.25, -0.2) is 4.79 Å². The fraction of sp³-hybridized carbons (Fsp3) is 0.471. The number of likely N-dealkylation sites (tertiary alicyclic amines) is 1. The van der Waals surface area contributed by atoms with Crippen LogP contribution >= 0.6 is 23.2 Å². The van der Waals surface area contributed by atoms with Crippen molar-refractivity contribution < 1.29 is 19.5 Å². The van der Waals surface area contributed by atoms with Gasteiger partial charge in [-0.15, -0.1) is 0 Å². The Hall–Kier alpha value is -1.99. The Morgan fingerprint density at radius 2 is 2.00 bits per heavy atom. The number of anilines is 1. The van der Waals surface area contributed by atoms with E-state index in [-0.39, 0.29) is 17.5 Å². The molecule has 1 aromatic rings. The molecule has 0 saturated carbocycles. The summed E-state index contributed by atoms with van der Waals surface area (Å²) in [5, 5.41) is 15.0. The maximum atomic E-state index is 12.5. The molecule has 1 fully saturated rings. The third-order valence-corrected chi connectivity index (χ3v) is 4.95. The number of carbonyl (C=O) groups excluding carboxylic acids is 2. The van der Waals surface area contributed by atoms with Crippen LogP contribution in [0.15, 0.2) is 18.2 Å². The maximum absolute atomic E-state index is 12.5. The molecule has 2 atom stereocenters. The average Bonchev–Trinajstić information content (AvgIpc) is 2.88. The molecule has 142 valence electrons. The summed E-state index contributed by atoms with van der Waals surface area (Å²) >= 11 is 11.7. The Morgan fingerprint density at radius 3 is 2.62 bits per heavy atom. The minimum atomic E-state index is -1.11. The molecular weight excluding hydrogens is 381 g/mol. The SMILES string of the molecule is CCCCCN1C[C@@H](C(=O)O)[C@@H](NC(=O)Nc2ccc(Cl)c(Cl)c2)C1=O. The number of urea groups is 1. The molecule has 26 heavy (non-hydrogen) atoms. The van der Waals surface area contributed by atoms with E-state index in [0.717, 1.165) is 19.3 Å². The van der Waals surface area contributed by atoms with Crippen LogP contribution in [-0.2, 0) is 9.59 Å². The number of amides is 3. The predicted molar refractivity (Wildman–Crippen MR) is 99.6 cm³/mol. The molecule has 3 N–H and O–H groups in total. The lowest BCUT2D eigenvalue weighted by atomic mass is 10.0. The number of unbranched alkanes of at least 4 members (excludes halogenated alkanes) is 2. The molecule has 2 rings (SSSR count). The van der Waals surface area contributed by atoms with E-state index in [0.29, 0.717) is 17.3 Å². The van der Waals surface area contributed by atoms with Gasteiger partial charge in [0.25, 0.3) is 0 Å². The molecular formula is C17H21Cl2N3O4. The highest BCUT2D eigenvalue weighted by Gasteiger charge is 2.45. The number of benzene rings is 1. The van der Waals surface area contributed by atoms with Gasteiger partial charge in [-0.1, -0.05) is 43.0 Å². The van der Waals surface area contributed by atoms with Crippen LogP contribution in [0.5, 0.6) is 0 Å². The summed E-state index contributed by atoms with van der Waals surface area (Å²) in [4.78, 5) is 37.6. The molecule has 9 heteroatoms. The summed E-state index contributed by atoms with van der Waals surface area (Å²) in [6.45, 7) is 2.63. The van der Waals surface area contributed by atoms with Gasteiger partial charge in [-0.05, 0) is 24.6 Å². The first kappa shape index (κ1) is 20.3. The quantitative estimate of drug-likeness (QED) is 0.610. The van der Waals surface area contributed by atoms with Crippen LogP contribution in [0.25, 0.3) is 0 Å². The number of aliphatic carboxylic acids is 1. The second-order valence-electron chi connectivity index (χ2n) is 6.14. The summed E-state index contributed by atoms with van der Waals surface area (Å²) in [5.41, 5.74) is 0.383. The number of rotatable bonds is 7. The molecule has 0 bridgehead atoms. The van der Waals surface area contributed by atoms with Crippen LogP contribution < -0.4 is 10.6 Å². The van der Waals surface area contributed by atoms with Crippen molar-refractivity contribution in [1.29, 1.82) is 0 Å². The van der Waals surface area contributed by atoms with Gasteiger partial charge in [0.1, 0.15) is 12.0 Å². The summed E-state index contributed by atoms with van der Waals surface area (Å²) in [6, 6.07) is 2.76. The van der Waals surface area contributed by atoms with Gasteiger partial charge in [-0.2, -0.15) is 0 Å². The molecule has 1 aliphatic heterocycles. The van der Waals surface area contributed by atoms with E-state index in [1.807, 2.05) is 6.92 Å². The lowest BCUT2D eigenvalue weighted by molar-refractivity contribution is -0.142. The number of carbonyl (C=O) groups is 3. The Labute approximate surface area is 161 Å². The van der Waals surface area contributed by atoms with E-state index in [4.69, 9.17) is 23.2 Å². The fourth-order valence-electron chi connectivity index (χ4n) is 2.82. The summed E-state index contributed by atoms with van der Waals surface area (Å²) < 4.78 is 0. The Morgan fingerprint density at radius 1 is 1.27 bits per heavy atom. The highest BCUT2D eigenvalue weighted by Crippen LogP contribution is 2.25. The minimum absolute atomic E-state index is 0.0929. The smallest absolute Gasteiger partial charge is 0.319 e. The number of hydrogen-bond acceptors (Lipinski definition) is 3. The number of hydrogen-bond donors (Lipinski definition) is 3. The summed E-state index contributed by atoms with van der Waals surface area (Å²) in [6.07, 6.45) is 2.76. The van der Waals surface area contributed by atoms with Gasteiger partial charge in [0.05, 0.1) is 10.0 Å².